The Bertz CT molecular complexity index is 645. The van der Waals surface area contributed by atoms with E-state index in [1.54, 1.807) is 11.3 Å². The van der Waals surface area contributed by atoms with Gasteiger partial charge in [-0.1, -0.05) is 12.1 Å². The number of hydrogen-bond donors (Lipinski definition) is 1. The summed E-state index contributed by atoms with van der Waals surface area (Å²) in [4.78, 5) is 11.0. The predicted molar refractivity (Wildman–Crippen MR) is 108 cm³/mol. The van der Waals surface area contributed by atoms with E-state index in [4.69, 9.17) is 0 Å². The predicted octanol–water partition coefficient (Wildman–Crippen LogP) is 3.54. The third-order valence-electron chi connectivity index (χ3n) is 4.12. The summed E-state index contributed by atoms with van der Waals surface area (Å²) in [5.41, 5.74) is 1.20. The molecule has 1 N–H and O–H groups in total. The molecule has 1 aromatic heterocycles. The fourth-order valence-corrected chi connectivity index (χ4v) is 3.53. The van der Waals surface area contributed by atoms with Gasteiger partial charge in [0, 0.05) is 31.7 Å². The van der Waals surface area contributed by atoms with Gasteiger partial charge in [-0.25, -0.2) is 9.37 Å². The quantitative estimate of drug-likeness (QED) is 0.431. The summed E-state index contributed by atoms with van der Waals surface area (Å²) < 4.78 is 13.0. The Labute approximate surface area is 163 Å². The maximum atomic E-state index is 13.0. The zero-order valence-electron chi connectivity index (χ0n) is 13.6. The molecule has 1 fully saturated rings. The minimum absolute atomic E-state index is 0. The van der Waals surface area contributed by atoms with E-state index >= 15 is 0 Å². The zero-order valence-corrected chi connectivity index (χ0v) is 16.8. The largest absolute Gasteiger partial charge is 0.350 e. The fraction of sp³-hybridized carbons (Fsp3) is 0.412. The van der Waals surface area contributed by atoms with Crippen LogP contribution in [-0.2, 0) is 13.0 Å². The fourth-order valence-electron chi connectivity index (χ4n) is 2.97. The van der Waals surface area contributed by atoms with Crippen molar-refractivity contribution >= 4 is 41.3 Å². The van der Waals surface area contributed by atoms with Gasteiger partial charge in [-0.2, -0.15) is 0 Å². The molecule has 0 bridgehead atoms. The van der Waals surface area contributed by atoms with Gasteiger partial charge < -0.3 is 10.2 Å². The number of halogens is 2. The van der Waals surface area contributed by atoms with Crippen LogP contribution in [-0.4, -0.2) is 36.0 Å². The van der Waals surface area contributed by atoms with Crippen molar-refractivity contribution in [1.82, 2.24) is 15.2 Å². The van der Waals surface area contributed by atoms with E-state index in [-0.39, 0.29) is 29.8 Å². The summed E-state index contributed by atoms with van der Waals surface area (Å²) in [5.74, 6) is 1.34. The standard InChI is InChI=1S/C17H21FN4S.HI/c1-19-17(21-11-16-20-7-9-23-16)22-8-6-14(12-22)10-13-2-4-15(18)5-3-13;/h2-5,7,9,14H,6,8,10-12H2,1H3,(H,19,21);1H. The molecular weight excluding hydrogens is 438 g/mol. The number of likely N-dealkylation sites (tertiary alicyclic amines) is 1. The molecule has 0 spiro atoms. The van der Waals surface area contributed by atoms with Crippen molar-refractivity contribution in [2.24, 2.45) is 10.9 Å². The maximum absolute atomic E-state index is 13.0. The maximum Gasteiger partial charge on any atom is 0.194 e. The van der Waals surface area contributed by atoms with E-state index < -0.39 is 0 Å². The zero-order chi connectivity index (χ0) is 16.1. The molecule has 0 radical (unpaired) electrons. The summed E-state index contributed by atoms with van der Waals surface area (Å²) in [5, 5.41) is 6.42. The second kappa shape index (κ2) is 9.31. The van der Waals surface area contributed by atoms with Crippen LogP contribution in [0.4, 0.5) is 4.39 Å². The number of nitrogens with zero attached hydrogens (tertiary/aromatic N) is 3. The van der Waals surface area contributed by atoms with Gasteiger partial charge in [0.25, 0.3) is 0 Å². The molecular formula is C17H22FIN4S. The number of nitrogens with one attached hydrogen (secondary N) is 1. The monoisotopic (exact) mass is 460 g/mol. The van der Waals surface area contributed by atoms with Crippen molar-refractivity contribution in [3.63, 3.8) is 0 Å². The van der Waals surface area contributed by atoms with Crippen LogP contribution < -0.4 is 5.32 Å². The third kappa shape index (κ3) is 5.14. The van der Waals surface area contributed by atoms with Gasteiger partial charge in [0.1, 0.15) is 10.8 Å². The average Bonchev–Trinajstić information content (AvgIpc) is 3.22. The van der Waals surface area contributed by atoms with Crippen LogP contribution in [0.3, 0.4) is 0 Å². The van der Waals surface area contributed by atoms with Crippen molar-refractivity contribution in [3.8, 4) is 0 Å². The average molecular weight is 460 g/mol. The van der Waals surface area contributed by atoms with Crippen molar-refractivity contribution in [1.29, 1.82) is 0 Å². The van der Waals surface area contributed by atoms with Crippen molar-refractivity contribution in [2.45, 2.75) is 19.4 Å². The van der Waals surface area contributed by atoms with Gasteiger partial charge in [-0.15, -0.1) is 35.3 Å². The summed E-state index contributed by atoms with van der Waals surface area (Å²) in [6.07, 6.45) is 3.94. The summed E-state index contributed by atoms with van der Waals surface area (Å²) >= 11 is 1.64. The minimum atomic E-state index is -0.173. The summed E-state index contributed by atoms with van der Waals surface area (Å²) in [6, 6.07) is 6.84. The molecule has 1 saturated heterocycles. The summed E-state index contributed by atoms with van der Waals surface area (Å²) in [6.45, 7) is 2.70. The Morgan fingerprint density at radius 1 is 1.42 bits per heavy atom. The van der Waals surface area contributed by atoms with Crippen molar-refractivity contribution in [2.75, 3.05) is 20.1 Å². The van der Waals surface area contributed by atoms with Crippen molar-refractivity contribution in [3.05, 3.63) is 52.2 Å². The molecule has 24 heavy (non-hydrogen) atoms. The minimum Gasteiger partial charge on any atom is -0.350 e. The van der Waals surface area contributed by atoms with Crippen LogP contribution in [0.15, 0.2) is 40.8 Å². The van der Waals surface area contributed by atoms with Crippen LogP contribution in [0.5, 0.6) is 0 Å². The number of aromatic nitrogens is 1. The van der Waals surface area contributed by atoms with E-state index in [1.165, 1.54) is 17.7 Å². The smallest absolute Gasteiger partial charge is 0.194 e. The van der Waals surface area contributed by atoms with Crippen molar-refractivity contribution < 1.29 is 4.39 Å². The highest BCUT2D eigenvalue weighted by molar-refractivity contribution is 14.0. The normalized spacial score (nSPS) is 17.7. The van der Waals surface area contributed by atoms with E-state index in [2.05, 4.69) is 20.2 Å². The summed E-state index contributed by atoms with van der Waals surface area (Å²) in [7, 11) is 1.82. The Hall–Kier alpha value is -1.22. The van der Waals surface area contributed by atoms with Gasteiger partial charge in [0.05, 0.1) is 6.54 Å². The molecule has 7 heteroatoms. The molecule has 0 saturated carbocycles. The first-order valence-corrected chi connectivity index (χ1v) is 8.71. The van der Waals surface area contributed by atoms with Crippen LogP contribution in [0.1, 0.15) is 17.0 Å². The van der Waals surface area contributed by atoms with E-state index in [1.807, 2.05) is 30.8 Å². The van der Waals surface area contributed by atoms with Crippen LogP contribution in [0.2, 0.25) is 0 Å². The Morgan fingerprint density at radius 2 is 2.21 bits per heavy atom. The van der Waals surface area contributed by atoms with Gasteiger partial charge in [0.2, 0.25) is 0 Å². The number of thiazole rings is 1. The first-order chi connectivity index (χ1) is 11.2. The topological polar surface area (TPSA) is 40.5 Å². The second-order valence-corrected chi connectivity index (χ2v) is 6.74. The first-order valence-electron chi connectivity index (χ1n) is 7.83. The molecule has 2 heterocycles. The highest BCUT2D eigenvalue weighted by Crippen LogP contribution is 2.21. The Morgan fingerprint density at radius 3 is 2.88 bits per heavy atom. The molecule has 1 unspecified atom stereocenters. The molecule has 2 aromatic rings. The number of hydrogen-bond acceptors (Lipinski definition) is 3. The molecule has 3 rings (SSSR count). The number of benzene rings is 1. The lowest BCUT2D eigenvalue weighted by molar-refractivity contribution is 0.459. The second-order valence-electron chi connectivity index (χ2n) is 5.76. The number of aliphatic imine (C=N–C) groups is 1. The van der Waals surface area contributed by atoms with Gasteiger partial charge in [-0.3, -0.25) is 4.99 Å². The van der Waals surface area contributed by atoms with Gasteiger partial charge in [-0.05, 0) is 36.5 Å². The number of rotatable bonds is 4. The molecule has 1 atom stereocenters. The van der Waals surface area contributed by atoms with Crippen LogP contribution in [0.25, 0.3) is 0 Å². The van der Waals surface area contributed by atoms with E-state index in [9.17, 15) is 4.39 Å². The molecule has 1 aliphatic heterocycles. The highest BCUT2D eigenvalue weighted by atomic mass is 127. The SMILES string of the molecule is CN=C(NCc1nccs1)N1CCC(Cc2ccc(F)cc2)C1.I. The molecule has 0 amide bonds. The lowest BCUT2D eigenvalue weighted by Crippen LogP contribution is -2.39. The Kier molecular flexibility index (Phi) is 7.41. The first kappa shape index (κ1) is 19.1. The van der Waals surface area contributed by atoms with Crippen LogP contribution >= 0.6 is 35.3 Å². The lowest BCUT2D eigenvalue weighted by Gasteiger charge is -2.21. The molecule has 130 valence electrons. The molecule has 1 aromatic carbocycles. The molecule has 0 aliphatic carbocycles. The lowest BCUT2D eigenvalue weighted by atomic mass is 9.99. The molecule has 4 nitrogen and oxygen atoms in total. The molecule has 1 aliphatic rings. The van der Waals surface area contributed by atoms with Crippen LogP contribution in [0, 0.1) is 11.7 Å². The van der Waals surface area contributed by atoms with Gasteiger partial charge in [0.15, 0.2) is 5.96 Å². The number of guanidine groups is 1. The Balaban J connectivity index is 0.00000208. The highest BCUT2D eigenvalue weighted by Gasteiger charge is 2.25. The van der Waals surface area contributed by atoms with Gasteiger partial charge >= 0.3 is 0 Å². The third-order valence-corrected chi connectivity index (χ3v) is 4.90. The van der Waals surface area contributed by atoms with E-state index in [0.717, 1.165) is 36.9 Å². The van der Waals surface area contributed by atoms with E-state index in [0.29, 0.717) is 12.5 Å².